The molecule has 19 heavy (non-hydrogen) atoms. The van der Waals surface area contributed by atoms with Crippen molar-refractivity contribution < 1.29 is 5.21 Å². The number of anilines is 1. The van der Waals surface area contributed by atoms with Gasteiger partial charge in [-0.15, -0.1) is 0 Å². The highest BCUT2D eigenvalue weighted by atomic mass is 32.2. The molecule has 0 saturated carbocycles. The Bertz CT molecular complexity index is 482. The summed E-state index contributed by atoms with van der Waals surface area (Å²) >= 11 is 2.00. The second-order valence-corrected chi connectivity index (χ2v) is 6.88. The fourth-order valence-electron chi connectivity index (χ4n) is 2.38. The monoisotopic (exact) mass is 280 g/mol. The van der Waals surface area contributed by atoms with Crippen LogP contribution in [0.4, 0.5) is 5.82 Å². The Balaban J connectivity index is 2.31. The van der Waals surface area contributed by atoms with Crippen molar-refractivity contribution in [1.29, 1.82) is 0 Å². The molecule has 1 fully saturated rings. The normalized spacial score (nSPS) is 24.6. The molecule has 0 aromatic carbocycles. The zero-order valence-corrected chi connectivity index (χ0v) is 12.3. The number of hydrogen-bond acceptors (Lipinski definition) is 5. The van der Waals surface area contributed by atoms with Gasteiger partial charge in [0.25, 0.3) is 0 Å². The van der Waals surface area contributed by atoms with Crippen LogP contribution in [0, 0.1) is 6.92 Å². The van der Waals surface area contributed by atoms with Crippen molar-refractivity contribution in [2.75, 3.05) is 18.0 Å². The number of rotatable bonds is 2. The Morgan fingerprint density at radius 2 is 2.05 bits per heavy atom. The van der Waals surface area contributed by atoms with E-state index in [2.05, 4.69) is 28.9 Å². The number of nitrogens with two attached hydrogens (primary N) is 1. The van der Waals surface area contributed by atoms with Crippen molar-refractivity contribution in [3.05, 3.63) is 23.4 Å². The van der Waals surface area contributed by atoms with Crippen LogP contribution >= 0.6 is 11.8 Å². The van der Waals surface area contributed by atoms with Gasteiger partial charge < -0.3 is 15.8 Å². The van der Waals surface area contributed by atoms with Crippen molar-refractivity contribution in [2.24, 2.45) is 10.9 Å². The average Bonchev–Trinajstić information content (AvgIpc) is 2.36. The van der Waals surface area contributed by atoms with Crippen LogP contribution in [0.1, 0.15) is 25.1 Å². The summed E-state index contributed by atoms with van der Waals surface area (Å²) in [6, 6.07) is 3.71. The second-order valence-electron chi connectivity index (χ2n) is 5.00. The molecule has 104 valence electrons. The Hall–Kier alpha value is -1.43. The van der Waals surface area contributed by atoms with Crippen LogP contribution < -0.4 is 10.6 Å². The quantitative estimate of drug-likeness (QED) is 0.374. The van der Waals surface area contributed by atoms with E-state index >= 15 is 0 Å². The Labute approximate surface area is 117 Å². The third-order valence-electron chi connectivity index (χ3n) is 3.09. The van der Waals surface area contributed by atoms with Crippen molar-refractivity contribution >= 4 is 23.4 Å². The van der Waals surface area contributed by atoms with Crippen LogP contribution in [0.2, 0.25) is 0 Å². The van der Waals surface area contributed by atoms with Gasteiger partial charge in [0.15, 0.2) is 5.84 Å². The largest absolute Gasteiger partial charge is 0.409 e. The maximum absolute atomic E-state index is 8.79. The smallest absolute Gasteiger partial charge is 0.170 e. The highest BCUT2D eigenvalue weighted by Crippen LogP contribution is 2.28. The lowest BCUT2D eigenvalue weighted by Crippen LogP contribution is -2.41. The van der Waals surface area contributed by atoms with Crippen LogP contribution in [0.25, 0.3) is 0 Å². The number of oxime groups is 1. The van der Waals surface area contributed by atoms with Crippen molar-refractivity contribution in [1.82, 2.24) is 4.98 Å². The zero-order valence-electron chi connectivity index (χ0n) is 11.5. The first-order valence-electron chi connectivity index (χ1n) is 6.36. The number of thioether (sulfide) groups is 1. The summed E-state index contributed by atoms with van der Waals surface area (Å²) in [5.74, 6) is 1.03. The fraction of sp³-hybridized carbons (Fsp3) is 0.538. The summed E-state index contributed by atoms with van der Waals surface area (Å²) in [7, 11) is 0. The number of pyridine rings is 1. The van der Waals surface area contributed by atoms with E-state index < -0.39 is 0 Å². The fourth-order valence-corrected chi connectivity index (χ4v) is 3.71. The van der Waals surface area contributed by atoms with E-state index in [0.29, 0.717) is 16.1 Å². The number of aromatic nitrogens is 1. The molecule has 1 aliphatic rings. The van der Waals surface area contributed by atoms with E-state index in [1.165, 1.54) is 0 Å². The first kappa shape index (κ1) is 14.0. The molecule has 5 nitrogen and oxygen atoms in total. The van der Waals surface area contributed by atoms with Crippen LogP contribution in [0.15, 0.2) is 17.3 Å². The minimum absolute atomic E-state index is 0.124. The molecule has 6 heteroatoms. The standard InChI is InChI=1S/C13H20N4OS/c1-8-4-11(13(14)16-18)5-12(15-8)17-6-9(2)19-10(3)7-17/h4-5,9-10,18H,6-7H2,1-3H3,(H2,14,16). The summed E-state index contributed by atoms with van der Waals surface area (Å²) in [5, 5.41) is 13.0. The molecule has 1 aromatic rings. The SMILES string of the molecule is Cc1cc(/C(N)=N/O)cc(N2CC(C)SC(C)C2)n1. The van der Waals surface area contributed by atoms with Gasteiger partial charge in [-0.25, -0.2) is 4.98 Å². The molecule has 2 rings (SSSR count). The molecule has 2 unspecified atom stereocenters. The van der Waals surface area contributed by atoms with E-state index in [-0.39, 0.29) is 5.84 Å². The Morgan fingerprint density at radius 3 is 2.63 bits per heavy atom. The van der Waals surface area contributed by atoms with Crippen LogP contribution in [0.5, 0.6) is 0 Å². The average molecular weight is 280 g/mol. The molecule has 2 heterocycles. The molecule has 1 aromatic heterocycles. The maximum Gasteiger partial charge on any atom is 0.170 e. The van der Waals surface area contributed by atoms with Crippen molar-refractivity contribution in [3.8, 4) is 0 Å². The molecule has 0 bridgehead atoms. The van der Waals surface area contributed by atoms with Crippen LogP contribution in [0.3, 0.4) is 0 Å². The van der Waals surface area contributed by atoms with E-state index in [1.54, 1.807) is 0 Å². The van der Waals surface area contributed by atoms with Gasteiger partial charge in [-0.2, -0.15) is 11.8 Å². The first-order chi connectivity index (χ1) is 8.99. The highest BCUT2D eigenvalue weighted by Gasteiger charge is 2.23. The molecule has 0 amide bonds. The maximum atomic E-state index is 8.79. The molecule has 3 N–H and O–H groups in total. The van der Waals surface area contributed by atoms with Gasteiger partial charge in [0.1, 0.15) is 5.82 Å². The van der Waals surface area contributed by atoms with Gasteiger partial charge >= 0.3 is 0 Å². The van der Waals surface area contributed by atoms with E-state index in [0.717, 1.165) is 24.6 Å². The lowest BCUT2D eigenvalue weighted by molar-refractivity contribution is 0.318. The molecule has 0 aliphatic carbocycles. The summed E-state index contributed by atoms with van der Waals surface area (Å²) in [5.41, 5.74) is 7.25. The third-order valence-corrected chi connectivity index (χ3v) is 4.31. The minimum atomic E-state index is 0.124. The Kier molecular flexibility index (Phi) is 4.19. The van der Waals surface area contributed by atoms with Gasteiger partial charge in [-0.1, -0.05) is 19.0 Å². The van der Waals surface area contributed by atoms with Gasteiger partial charge in [-0.3, -0.25) is 0 Å². The van der Waals surface area contributed by atoms with Crippen LogP contribution in [-0.4, -0.2) is 39.6 Å². The molecule has 1 aliphatic heterocycles. The minimum Gasteiger partial charge on any atom is -0.409 e. The highest BCUT2D eigenvalue weighted by molar-refractivity contribution is 8.00. The van der Waals surface area contributed by atoms with E-state index in [9.17, 15) is 0 Å². The predicted molar refractivity (Wildman–Crippen MR) is 80.2 cm³/mol. The van der Waals surface area contributed by atoms with Crippen LogP contribution in [-0.2, 0) is 0 Å². The van der Waals surface area contributed by atoms with Gasteiger partial charge in [0.05, 0.1) is 0 Å². The Morgan fingerprint density at radius 1 is 1.42 bits per heavy atom. The topological polar surface area (TPSA) is 74.7 Å². The lowest BCUT2D eigenvalue weighted by atomic mass is 10.2. The molecular formula is C13H20N4OS. The zero-order chi connectivity index (χ0) is 14.0. The van der Waals surface area contributed by atoms with E-state index in [1.807, 2.05) is 30.8 Å². The third kappa shape index (κ3) is 3.32. The van der Waals surface area contributed by atoms with E-state index in [4.69, 9.17) is 10.9 Å². The van der Waals surface area contributed by atoms with Gasteiger partial charge in [0, 0.05) is 34.8 Å². The lowest BCUT2D eigenvalue weighted by Gasteiger charge is -2.35. The second kappa shape index (κ2) is 5.69. The van der Waals surface area contributed by atoms with Crippen molar-refractivity contribution in [3.63, 3.8) is 0 Å². The molecule has 0 spiro atoms. The summed E-state index contributed by atoms with van der Waals surface area (Å²) in [4.78, 5) is 6.84. The van der Waals surface area contributed by atoms with Crippen molar-refractivity contribution in [2.45, 2.75) is 31.3 Å². The number of amidine groups is 1. The number of aryl methyl sites for hydroxylation is 1. The summed E-state index contributed by atoms with van der Waals surface area (Å²) in [6.07, 6.45) is 0. The first-order valence-corrected chi connectivity index (χ1v) is 7.31. The molecule has 0 radical (unpaired) electrons. The summed E-state index contributed by atoms with van der Waals surface area (Å²) in [6.45, 7) is 8.33. The van der Waals surface area contributed by atoms with Gasteiger partial charge in [-0.05, 0) is 19.1 Å². The summed E-state index contributed by atoms with van der Waals surface area (Å²) < 4.78 is 0. The molecule has 1 saturated heterocycles. The number of nitrogens with zero attached hydrogens (tertiary/aromatic N) is 3. The number of hydrogen-bond donors (Lipinski definition) is 2. The van der Waals surface area contributed by atoms with Gasteiger partial charge in [0.2, 0.25) is 0 Å². The predicted octanol–water partition coefficient (Wildman–Crippen LogP) is 1.81. The molecular weight excluding hydrogens is 260 g/mol. The molecule has 2 atom stereocenters.